The summed E-state index contributed by atoms with van der Waals surface area (Å²) in [5.41, 5.74) is 0. The van der Waals surface area contributed by atoms with Crippen LogP contribution in [-0.2, 0) is 0 Å². The molecule has 0 aliphatic carbocycles. The molecule has 3 nitrogen and oxygen atoms in total. The van der Waals surface area contributed by atoms with Gasteiger partial charge in [-0.25, -0.2) is 0 Å². The fourth-order valence-corrected chi connectivity index (χ4v) is 1.75. The van der Waals surface area contributed by atoms with Crippen LogP contribution < -0.4 is 10.6 Å². The summed E-state index contributed by atoms with van der Waals surface area (Å²) < 4.78 is 0. The zero-order valence-corrected chi connectivity index (χ0v) is 6.27. The molecule has 0 spiro atoms. The van der Waals surface area contributed by atoms with Crippen molar-refractivity contribution < 1.29 is 0 Å². The number of nitrogens with zero attached hydrogens (tertiary/aromatic N) is 1. The third-order valence-electron chi connectivity index (χ3n) is 2.31. The molecule has 10 heavy (non-hydrogen) atoms. The van der Waals surface area contributed by atoms with Crippen molar-refractivity contribution in [2.45, 2.75) is 19.1 Å². The van der Waals surface area contributed by atoms with E-state index in [9.17, 15) is 0 Å². The fraction of sp³-hybridized carbons (Fsp3) is 1.00. The van der Waals surface area contributed by atoms with E-state index < -0.39 is 0 Å². The first-order valence-electron chi connectivity index (χ1n) is 4.18. The van der Waals surface area contributed by atoms with Crippen LogP contribution in [-0.4, -0.2) is 37.4 Å². The summed E-state index contributed by atoms with van der Waals surface area (Å²) in [4.78, 5) is 2.48. The van der Waals surface area contributed by atoms with Gasteiger partial charge < -0.3 is 0 Å². The molecule has 0 unspecified atom stereocenters. The third kappa shape index (κ3) is 1.17. The maximum Gasteiger partial charge on any atom is 0.114 e. The lowest BCUT2D eigenvalue weighted by atomic mass is 10.4. The maximum absolute atomic E-state index is 3.41. The minimum atomic E-state index is 0.488. The Morgan fingerprint density at radius 2 is 1.60 bits per heavy atom. The largest absolute Gasteiger partial charge is 0.288 e. The molecule has 3 heteroatoms. The quantitative estimate of drug-likeness (QED) is 0.518. The summed E-state index contributed by atoms with van der Waals surface area (Å²) in [7, 11) is 0. The van der Waals surface area contributed by atoms with Gasteiger partial charge in [-0.3, -0.25) is 15.5 Å². The van der Waals surface area contributed by atoms with E-state index in [0.29, 0.717) is 6.29 Å². The smallest absolute Gasteiger partial charge is 0.114 e. The minimum Gasteiger partial charge on any atom is -0.288 e. The van der Waals surface area contributed by atoms with Gasteiger partial charge in [0.2, 0.25) is 0 Å². The van der Waals surface area contributed by atoms with E-state index in [-0.39, 0.29) is 0 Å². The number of hydrogen-bond donors (Lipinski definition) is 2. The van der Waals surface area contributed by atoms with Crippen molar-refractivity contribution in [2.24, 2.45) is 0 Å². The van der Waals surface area contributed by atoms with E-state index in [1.165, 1.54) is 25.9 Å². The molecule has 2 aliphatic heterocycles. The highest BCUT2D eigenvalue weighted by Crippen LogP contribution is 2.09. The van der Waals surface area contributed by atoms with Crippen LogP contribution in [0.15, 0.2) is 0 Å². The molecule has 0 saturated carbocycles. The fourth-order valence-electron chi connectivity index (χ4n) is 1.75. The maximum atomic E-state index is 3.41. The van der Waals surface area contributed by atoms with Gasteiger partial charge in [0.15, 0.2) is 0 Å². The first kappa shape index (κ1) is 6.58. The van der Waals surface area contributed by atoms with Crippen molar-refractivity contribution in [1.29, 1.82) is 0 Å². The second-order valence-electron chi connectivity index (χ2n) is 3.05. The van der Waals surface area contributed by atoms with E-state index in [0.717, 1.165) is 13.1 Å². The number of rotatable bonds is 1. The normalized spacial score (nSPS) is 30.0. The molecule has 58 valence electrons. The summed E-state index contributed by atoms with van der Waals surface area (Å²) in [6, 6.07) is 0. The van der Waals surface area contributed by atoms with Crippen molar-refractivity contribution in [3.63, 3.8) is 0 Å². The third-order valence-corrected chi connectivity index (χ3v) is 2.31. The van der Waals surface area contributed by atoms with Gasteiger partial charge in [-0.15, -0.1) is 0 Å². The van der Waals surface area contributed by atoms with E-state index in [2.05, 4.69) is 15.5 Å². The van der Waals surface area contributed by atoms with Gasteiger partial charge in [0.1, 0.15) is 6.29 Å². The van der Waals surface area contributed by atoms with Crippen molar-refractivity contribution in [2.75, 3.05) is 26.2 Å². The number of hydrogen-bond acceptors (Lipinski definition) is 3. The van der Waals surface area contributed by atoms with E-state index in [1.807, 2.05) is 0 Å². The monoisotopic (exact) mass is 141 g/mol. The second-order valence-corrected chi connectivity index (χ2v) is 3.05. The summed E-state index contributed by atoms with van der Waals surface area (Å²) in [5, 5.41) is 6.83. The van der Waals surface area contributed by atoms with E-state index in [4.69, 9.17) is 0 Å². The molecule has 0 bridgehead atoms. The summed E-state index contributed by atoms with van der Waals surface area (Å²) in [6.45, 7) is 4.79. The van der Waals surface area contributed by atoms with Gasteiger partial charge in [0.05, 0.1) is 0 Å². The average Bonchev–Trinajstić information content (AvgIpc) is 2.59. The molecule has 2 saturated heterocycles. The first-order chi connectivity index (χ1) is 4.97. The number of nitrogens with one attached hydrogen (secondary N) is 2. The van der Waals surface area contributed by atoms with E-state index >= 15 is 0 Å². The lowest BCUT2D eigenvalue weighted by Gasteiger charge is -2.22. The Labute approximate surface area is 61.8 Å². The van der Waals surface area contributed by atoms with Crippen LogP contribution in [0.5, 0.6) is 0 Å². The van der Waals surface area contributed by atoms with Gasteiger partial charge in [-0.1, -0.05) is 0 Å². The molecule has 0 atom stereocenters. The van der Waals surface area contributed by atoms with Crippen molar-refractivity contribution in [3.8, 4) is 0 Å². The minimum absolute atomic E-state index is 0.488. The molecular weight excluding hydrogens is 126 g/mol. The summed E-state index contributed by atoms with van der Waals surface area (Å²) >= 11 is 0. The Morgan fingerprint density at radius 1 is 1.00 bits per heavy atom. The van der Waals surface area contributed by atoms with Crippen LogP contribution in [0.1, 0.15) is 12.8 Å². The predicted octanol–water partition coefficient (Wildman–Crippen LogP) is -0.441. The molecule has 2 rings (SSSR count). The Kier molecular flexibility index (Phi) is 1.88. The number of likely N-dealkylation sites (tertiary alicyclic amines) is 1. The molecule has 0 amide bonds. The van der Waals surface area contributed by atoms with Crippen molar-refractivity contribution in [1.82, 2.24) is 15.5 Å². The van der Waals surface area contributed by atoms with Gasteiger partial charge in [0, 0.05) is 26.2 Å². The highest BCUT2D eigenvalue weighted by Gasteiger charge is 2.23. The Bertz CT molecular complexity index is 89.4. The van der Waals surface area contributed by atoms with Crippen LogP contribution in [0.4, 0.5) is 0 Å². The predicted molar refractivity (Wildman–Crippen MR) is 40.6 cm³/mol. The molecule has 0 aromatic rings. The average molecular weight is 141 g/mol. The van der Waals surface area contributed by atoms with Gasteiger partial charge in [-0.05, 0) is 12.8 Å². The SMILES string of the molecule is C1CCN(C2NCCN2)C1. The molecule has 2 N–H and O–H groups in total. The van der Waals surface area contributed by atoms with Crippen LogP contribution in [0.3, 0.4) is 0 Å². The summed E-state index contributed by atoms with van der Waals surface area (Å²) in [6.07, 6.45) is 3.24. The van der Waals surface area contributed by atoms with Crippen LogP contribution in [0, 0.1) is 0 Å². The molecule has 2 heterocycles. The highest BCUT2D eigenvalue weighted by molar-refractivity contribution is 4.77. The molecule has 2 aliphatic rings. The van der Waals surface area contributed by atoms with E-state index in [1.54, 1.807) is 0 Å². The Hall–Kier alpha value is -0.120. The van der Waals surface area contributed by atoms with Gasteiger partial charge in [-0.2, -0.15) is 0 Å². The van der Waals surface area contributed by atoms with Crippen LogP contribution >= 0.6 is 0 Å². The molecule has 0 aromatic heterocycles. The molecule has 2 fully saturated rings. The van der Waals surface area contributed by atoms with Crippen molar-refractivity contribution in [3.05, 3.63) is 0 Å². The lowest BCUT2D eigenvalue weighted by Crippen LogP contribution is -2.46. The van der Waals surface area contributed by atoms with Gasteiger partial charge in [0.25, 0.3) is 0 Å². The Morgan fingerprint density at radius 3 is 2.20 bits per heavy atom. The van der Waals surface area contributed by atoms with Crippen LogP contribution in [0.2, 0.25) is 0 Å². The van der Waals surface area contributed by atoms with Crippen molar-refractivity contribution >= 4 is 0 Å². The first-order valence-corrected chi connectivity index (χ1v) is 4.18. The van der Waals surface area contributed by atoms with Crippen LogP contribution in [0.25, 0.3) is 0 Å². The zero-order valence-electron chi connectivity index (χ0n) is 6.27. The molecule has 0 aromatic carbocycles. The lowest BCUT2D eigenvalue weighted by molar-refractivity contribution is 0.205. The zero-order chi connectivity index (χ0) is 6.81. The highest BCUT2D eigenvalue weighted by atomic mass is 15.4. The second kappa shape index (κ2) is 2.86. The Balaban J connectivity index is 1.85. The topological polar surface area (TPSA) is 27.3 Å². The standard InChI is InChI=1S/C7H15N3/c1-2-6-10(5-1)7-8-3-4-9-7/h7-9H,1-6H2. The summed E-state index contributed by atoms with van der Waals surface area (Å²) in [5.74, 6) is 0. The molecule has 0 radical (unpaired) electrons. The molecular formula is C7H15N3. The van der Waals surface area contributed by atoms with Gasteiger partial charge >= 0.3 is 0 Å².